The number of aliphatic hydroxyl groups excluding tert-OH is 1. The number of aliphatic hydroxyl groups is 1. The van der Waals surface area contributed by atoms with E-state index >= 15 is 0 Å². The van der Waals surface area contributed by atoms with Crippen molar-refractivity contribution >= 4 is 5.82 Å². The number of alkyl halides is 2. The van der Waals surface area contributed by atoms with Crippen molar-refractivity contribution in [1.29, 1.82) is 0 Å². The number of halogens is 2. The Labute approximate surface area is 144 Å². The molecule has 1 spiro atoms. The topological polar surface area (TPSA) is 63.4 Å². The van der Waals surface area contributed by atoms with Crippen LogP contribution in [0.3, 0.4) is 0 Å². The lowest BCUT2D eigenvalue weighted by Crippen LogP contribution is -2.51. The molecule has 1 saturated heterocycles. The SMILES string of the molecule is COC(O)c1cnn(Cc2ccc(N3CC4(C3)CC4(F)F)nc2C)c1. The quantitative estimate of drug-likeness (QED) is 0.837. The number of hydrogen-bond donors (Lipinski definition) is 1. The Hall–Kier alpha value is -2.06. The molecule has 1 aliphatic carbocycles. The average Bonchev–Trinajstić information content (AvgIpc) is 2.90. The van der Waals surface area contributed by atoms with Crippen molar-refractivity contribution in [2.45, 2.75) is 32.1 Å². The predicted octanol–water partition coefficient (Wildman–Crippen LogP) is 2.12. The minimum Gasteiger partial charge on any atom is -0.364 e. The van der Waals surface area contributed by atoms with Gasteiger partial charge in [0.2, 0.25) is 0 Å². The molecule has 134 valence electrons. The third-order valence-corrected chi connectivity index (χ3v) is 5.20. The summed E-state index contributed by atoms with van der Waals surface area (Å²) in [5.74, 6) is -1.76. The summed E-state index contributed by atoms with van der Waals surface area (Å²) in [6.07, 6.45) is 2.29. The molecule has 2 aromatic rings. The second-order valence-electron chi connectivity index (χ2n) is 6.99. The molecule has 2 aliphatic rings. The van der Waals surface area contributed by atoms with E-state index in [9.17, 15) is 13.9 Å². The lowest BCUT2D eigenvalue weighted by molar-refractivity contribution is -0.0769. The van der Waals surface area contributed by atoms with Crippen LogP contribution in [-0.4, -0.2) is 46.0 Å². The Balaban J connectivity index is 1.43. The van der Waals surface area contributed by atoms with Gasteiger partial charge in [-0.05, 0) is 18.6 Å². The first kappa shape index (κ1) is 16.4. The molecule has 25 heavy (non-hydrogen) atoms. The largest absolute Gasteiger partial charge is 0.364 e. The summed E-state index contributed by atoms with van der Waals surface area (Å²) < 4.78 is 33.2. The van der Waals surface area contributed by atoms with Crippen molar-refractivity contribution < 1.29 is 18.6 Å². The second-order valence-corrected chi connectivity index (χ2v) is 6.99. The van der Waals surface area contributed by atoms with E-state index in [1.807, 2.05) is 24.0 Å². The van der Waals surface area contributed by atoms with Gasteiger partial charge in [0.15, 0.2) is 6.29 Å². The van der Waals surface area contributed by atoms with Crippen LogP contribution in [0.25, 0.3) is 0 Å². The van der Waals surface area contributed by atoms with Crippen molar-refractivity contribution in [2.24, 2.45) is 5.41 Å². The maximum absolute atomic E-state index is 13.3. The Kier molecular flexibility index (Phi) is 3.59. The average molecular weight is 350 g/mol. The summed E-state index contributed by atoms with van der Waals surface area (Å²) in [5.41, 5.74) is 1.61. The van der Waals surface area contributed by atoms with Gasteiger partial charge in [-0.2, -0.15) is 5.10 Å². The summed E-state index contributed by atoms with van der Waals surface area (Å²) in [6, 6.07) is 3.81. The normalized spacial score (nSPS) is 21.2. The van der Waals surface area contributed by atoms with Crippen LogP contribution in [0.1, 0.15) is 29.5 Å². The van der Waals surface area contributed by atoms with E-state index in [0.29, 0.717) is 25.2 Å². The van der Waals surface area contributed by atoms with E-state index < -0.39 is 17.6 Å². The van der Waals surface area contributed by atoms with Crippen LogP contribution in [0.15, 0.2) is 24.5 Å². The van der Waals surface area contributed by atoms with E-state index in [1.165, 1.54) is 7.11 Å². The maximum Gasteiger partial charge on any atom is 0.258 e. The summed E-state index contributed by atoms with van der Waals surface area (Å²) in [5, 5.41) is 13.8. The van der Waals surface area contributed by atoms with Gasteiger partial charge < -0.3 is 14.7 Å². The smallest absolute Gasteiger partial charge is 0.258 e. The van der Waals surface area contributed by atoms with Crippen LogP contribution in [0.4, 0.5) is 14.6 Å². The summed E-state index contributed by atoms with van der Waals surface area (Å²) >= 11 is 0. The van der Waals surface area contributed by atoms with Gasteiger partial charge in [0, 0.05) is 44.1 Å². The Bertz CT molecular complexity index is 802. The van der Waals surface area contributed by atoms with Crippen molar-refractivity contribution in [1.82, 2.24) is 14.8 Å². The van der Waals surface area contributed by atoms with E-state index in [-0.39, 0.29) is 6.42 Å². The second kappa shape index (κ2) is 5.47. The molecular formula is C17H20F2N4O2. The minimum absolute atomic E-state index is 0.00250. The molecule has 1 N–H and O–H groups in total. The van der Waals surface area contributed by atoms with Crippen LogP contribution in [-0.2, 0) is 11.3 Å². The Morgan fingerprint density at radius 1 is 1.36 bits per heavy atom. The van der Waals surface area contributed by atoms with Crippen molar-refractivity contribution in [3.05, 3.63) is 41.3 Å². The summed E-state index contributed by atoms with van der Waals surface area (Å²) in [7, 11) is 1.42. The fourth-order valence-electron chi connectivity index (χ4n) is 3.39. The molecule has 1 saturated carbocycles. The van der Waals surface area contributed by atoms with Crippen molar-refractivity contribution in [3.63, 3.8) is 0 Å². The molecular weight excluding hydrogens is 330 g/mol. The number of rotatable bonds is 5. The number of aryl methyl sites for hydroxylation is 1. The maximum atomic E-state index is 13.3. The van der Waals surface area contributed by atoms with E-state index in [1.54, 1.807) is 17.1 Å². The summed E-state index contributed by atoms with van der Waals surface area (Å²) in [4.78, 5) is 6.46. The van der Waals surface area contributed by atoms with Crippen molar-refractivity contribution in [3.8, 4) is 0 Å². The van der Waals surface area contributed by atoms with Crippen molar-refractivity contribution in [2.75, 3.05) is 25.1 Å². The molecule has 2 aromatic heterocycles. The number of ether oxygens (including phenoxy) is 1. The lowest BCUT2D eigenvalue weighted by Gasteiger charge is -2.41. The molecule has 0 amide bonds. The predicted molar refractivity (Wildman–Crippen MR) is 86.5 cm³/mol. The van der Waals surface area contributed by atoms with Gasteiger partial charge in [-0.3, -0.25) is 4.68 Å². The molecule has 0 bridgehead atoms. The van der Waals surface area contributed by atoms with Gasteiger partial charge in [-0.1, -0.05) is 6.07 Å². The summed E-state index contributed by atoms with van der Waals surface area (Å²) in [6.45, 7) is 3.17. The highest BCUT2D eigenvalue weighted by Gasteiger charge is 2.76. The van der Waals surface area contributed by atoms with Crippen LogP contribution in [0.2, 0.25) is 0 Å². The molecule has 0 aromatic carbocycles. The number of pyridine rings is 1. The number of hydrogen-bond acceptors (Lipinski definition) is 5. The molecule has 6 nitrogen and oxygen atoms in total. The van der Waals surface area contributed by atoms with Crippen LogP contribution in [0.5, 0.6) is 0 Å². The van der Waals surface area contributed by atoms with Crippen LogP contribution in [0, 0.1) is 12.3 Å². The third kappa shape index (κ3) is 2.69. The zero-order valence-corrected chi connectivity index (χ0v) is 14.1. The van der Waals surface area contributed by atoms with E-state index in [4.69, 9.17) is 4.74 Å². The molecule has 2 fully saturated rings. The first-order chi connectivity index (χ1) is 11.8. The molecule has 8 heteroatoms. The number of anilines is 1. The molecule has 1 atom stereocenters. The molecule has 3 heterocycles. The third-order valence-electron chi connectivity index (χ3n) is 5.20. The minimum atomic E-state index is -2.50. The fourth-order valence-corrected chi connectivity index (χ4v) is 3.39. The zero-order valence-electron chi connectivity index (χ0n) is 14.1. The van der Waals surface area contributed by atoms with Gasteiger partial charge >= 0.3 is 0 Å². The van der Waals surface area contributed by atoms with Gasteiger partial charge in [0.05, 0.1) is 18.2 Å². The van der Waals surface area contributed by atoms with Gasteiger partial charge in [-0.15, -0.1) is 0 Å². The number of aromatic nitrogens is 3. The van der Waals surface area contributed by atoms with Crippen LogP contribution < -0.4 is 4.90 Å². The molecule has 1 aliphatic heterocycles. The number of nitrogens with zero attached hydrogens (tertiary/aromatic N) is 4. The highest BCUT2D eigenvalue weighted by atomic mass is 19.3. The molecule has 0 radical (unpaired) electrons. The standard InChI is InChI=1S/C17H20F2N4O2/c1-11-12(6-23-7-13(5-20-23)15(24)25-2)3-4-14(21-11)22-9-16(10-22)8-17(16,18)19/h3-5,7,15,24H,6,8-10H2,1-2H3. The lowest BCUT2D eigenvalue weighted by atomic mass is 9.96. The highest BCUT2D eigenvalue weighted by Crippen LogP contribution is 2.65. The molecule has 4 rings (SSSR count). The zero-order chi connectivity index (χ0) is 17.8. The first-order valence-electron chi connectivity index (χ1n) is 8.16. The van der Waals surface area contributed by atoms with Gasteiger partial charge in [0.25, 0.3) is 5.92 Å². The monoisotopic (exact) mass is 350 g/mol. The highest BCUT2D eigenvalue weighted by molar-refractivity contribution is 5.48. The van der Waals surface area contributed by atoms with Gasteiger partial charge in [0.1, 0.15) is 5.82 Å². The van der Waals surface area contributed by atoms with Gasteiger partial charge in [-0.25, -0.2) is 13.8 Å². The fraction of sp³-hybridized carbons (Fsp3) is 0.529. The number of methoxy groups -OCH3 is 1. The van der Waals surface area contributed by atoms with E-state index in [0.717, 1.165) is 17.1 Å². The van der Waals surface area contributed by atoms with Crippen LogP contribution >= 0.6 is 0 Å². The Morgan fingerprint density at radius 3 is 2.68 bits per heavy atom. The molecule has 1 unspecified atom stereocenters. The first-order valence-corrected chi connectivity index (χ1v) is 8.16. The van der Waals surface area contributed by atoms with E-state index in [2.05, 4.69) is 10.1 Å². The Morgan fingerprint density at radius 2 is 2.08 bits per heavy atom.